The molecule has 0 atom stereocenters. The van der Waals surface area contributed by atoms with Crippen LogP contribution in [0.1, 0.15) is 23.0 Å². The van der Waals surface area contributed by atoms with Gasteiger partial charge in [-0.25, -0.2) is 0 Å². The summed E-state index contributed by atoms with van der Waals surface area (Å²) in [6.45, 7) is 2.44. The van der Waals surface area contributed by atoms with Crippen molar-refractivity contribution in [2.24, 2.45) is 0 Å². The first-order valence-corrected chi connectivity index (χ1v) is 8.24. The fourth-order valence-corrected chi connectivity index (χ4v) is 3.01. The summed E-state index contributed by atoms with van der Waals surface area (Å²) in [6, 6.07) is 10.6. The molecule has 3 rings (SSSR count). The summed E-state index contributed by atoms with van der Waals surface area (Å²) in [7, 11) is 0. The minimum atomic E-state index is -0.546. The summed E-state index contributed by atoms with van der Waals surface area (Å²) in [4.78, 5) is 15.6. The molecule has 0 aliphatic heterocycles. The highest BCUT2D eigenvalue weighted by Crippen LogP contribution is 2.25. The quantitative estimate of drug-likeness (QED) is 0.314. The van der Waals surface area contributed by atoms with Crippen molar-refractivity contribution < 1.29 is 14.6 Å². The first-order valence-electron chi connectivity index (χ1n) is 7.30. The number of carbonyl (C=O) groups is 1. The number of aromatic nitrogens is 1. The Bertz CT molecular complexity index is 962. The second-order valence-corrected chi connectivity index (χ2v) is 5.82. The Morgan fingerprint density at radius 2 is 2.21 bits per heavy atom. The zero-order valence-corrected chi connectivity index (χ0v) is 13.7. The number of aliphatic hydroxyl groups excluding tert-OH is 1. The fourth-order valence-electron chi connectivity index (χ4n) is 2.37. The van der Waals surface area contributed by atoms with Crippen molar-refractivity contribution in [3.63, 3.8) is 0 Å². The second-order valence-electron chi connectivity index (χ2n) is 5.04. The van der Waals surface area contributed by atoms with Crippen LogP contribution in [0.15, 0.2) is 46.7 Å². The van der Waals surface area contributed by atoms with Crippen LogP contribution >= 0.6 is 11.3 Å². The number of benzene rings is 1. The van der Waals surface area contributed by atoms with Crippen LogP contribution in [0.4, 0.5) is 0 Å². The molecule has 3 aromatic rings. The van der Waals surface area contributed by atoms with E-state index in [-0.39, 0.29) is 17.0 Å². The summed E-state index contributed by atoms with van der Waals surface area (Å²) >= 11 is 1.38. The van der Waals surface area contributed by atoms with E-state index < -0.39 is 5.78 Å². The maximum Gasteiger partial charge on any atom is 0.223 e. The van der Waals surface area contributed by atoms with E-state index in [1.165, 1.54) is 11.3 Å². The van der Waals surface area contributed by atoms with Gasteiger partial charge in [0, 0.05) is 27.9 Å². The monoisotopic (exact) mass is 338 g/mol. The van der Waals surface area contributed by atoms with Gasteiger partial charge in [0.05, 0.1) is 12.3 Å². The minimum absolute atomic E-state index is 0.247. The zero-order valence-electron chi connectivity index (χ0n) is 12.9. The largest absolute Gasteiger partial charge is 0.506 e. The van der Waals surface area contributed by atoms with Gasteiger partial charge >= 0.3 is 0 Å². The molecule has 24 heavy (non-hydrogen) atoms. The van der Waals surface area contributed by atoms with Crippen LogP contribution < -0.4 is 4.74 Å². The van der Waals surface area contributed by atoms with Crippen molar-refractivity contribution in [3.05, 3.63) is 57.9 Å². The molecule has 1 aromatic carbocycles. The number of carbonyl (C=O) groups excluding carboxylic acids is 1. The average molecular weight is 338 g/mol. The molecule has 120 valence electrons. The molecule has 0 unspecified atom stereocenters. The fraction of sp³-hybridized carbons (Fsp3) is 0.111. The lowest BCUT2D eigenvalue weighted by molar-refractivity contribution is 0.103. The first kappa shape index (κ1) is 15.8. The Morgan fingerprint density at radius 1 is 1.38 bits per heavy atom. The first-order chi connectivity index (χ1) is 11.6. The van der Waals surface area contributed by atoms with Crippen LogP contribution in [0.3, 0.4) is 0 Å². The van der Waals surface area contributed by atoms with Gasteiger partial charge in [0.2, 0.25) is 5.78 Å². The summed E-state index contributed by atoms with van der Waals surface area (Å²) in [5.74, 6) is -0.157. The third-order valence-electron chi connectivity index (χ3n) is 3.52. The van der Waals surface area contributed by atoms with E-state index in [0.717, 1.165) is 10.9 Å². The van der Waals surface area contributed by atoms with Gasteiger partial charge in [-0.3, -0.25) is 4.79 Å². The van der Waals surface area contributed by atoms with Crippen LogP contribution in [0, 0.1) is 11.3 Å². The standard InChI is InChI=1S/C18H14N2O3S/c1-2-23-13-4-3-11-7-16(20-15(11)8-13)18(22)14(9-19)17(21)12-5-6-24-10-12/h3-8,10,20-21H,2H2,1H3. The molecule has 0 aliphatic carbocycles. The highest BCUT2D eigenvalue weighted by molar-refractivity contribution is 7.08. The number of H-pyrrole nitrogens is 1. The molecule has 0 aliphatic rings. The lowest BCUT2D eigenvalue weighted by Crippen LogP contribution is -2.05. The number of ketones is 1. The molecule has 6 heteroatoms. The van der Waals surface area contributed by atoms with Crippen LogP contribution in [-0.4, -0.2) is 22.5 Å². The van der Waals surface area contributed by atoms with Crippen molar-refractivity contribution in [1.29, 1.82) is 5.26 Å². The van der Waals surface area contributed by atoms with Crippen molar-refractivity contribution in [3.8, 4) is 11.8 Å². The topological polar surface area (TPSA) is 86.1 Å². The second kappa shape index (κ2) is 6.60. The van der Waals surface area contributed by atoms with E-state index in [2.05, 4.69) is 4.98 Å². The molecule has 0 radical (unpaired) electrons. The molecule has 2 aromatic heterocycles. The lowest BCUT2D eigenvalue weighted by Gasteiger charge is -2.01. The molecular weight excluding hydrogens is 324 g/mol. The van der Waals surface area contributed by atoms with Crippen LogP contribution in [0.25, 0.3) is 16.7 Å². The minimum Gasteiger partial charge on any atom is -0.506 e. The van der Waals surface area contributed by atoms with E-state index in [1.54, 1.807) is 35.0 Å². The molecule has 0 saturated carbocycles. The number of nitriles is 1. The zero-order chi connectivity index (χ0) is 17.1. The molecule has 0 spiro atoms. The van der Waals surface area contributed by atoms with E-state index in [1.807, 2.05) is 19.1 Å². The third-order valence-corrected chi connectivity index (χ3v) is 4.20. The van der Waals surface area contributed by atoms with Gasteiger partial charge in [0.1, 0.15) is 23.2 Å². The number of aromatic amines is 1. The predicted octanol–water partition coefficient (Wildman–Crippen LogP) is 4.30. The van der Waals surface area contributed by atoms with Crippen LogP contribution in [-0.2, 0) is 0 Å². The number of hydrogen-bond acceptors (Lipinski definition) is 5. The molecule has 2 heterocycles. The predicted molar refractivity (Wildman–Crippen MR) is 93.3 cm³/mol. The van der Waals surface area contributed by atoms with Gasteiger partial charge in [0.25, 0.3) is 0 Å². The number of ether oxygens (including phenoxy) is 1. The van der Waals surface area contributed by atoms with E-state index >= 15 is 0 Å². The summed E-state index contributed by atoms with van der Waals surface area (Å²) in [5, 5.41) is 23.8. The molecule has 0 amide bonds. The number of allylic oxidation sites excluding steroid dienone is 1. The molecule has 0 bridgehead atoms. The highest BCUT2D eigenvalue weighted by Gasteiger charge is 2.20. The maximum absolute atomic E-state index is 12.6. The molecule has 0 saturated heterocycles. The summed E-state index contributed by atoms with van der Waals surface area (Å²) in [6.07, 6.45) is 0. The van der Waals surface area contributed by atoms with Crippen molar-refractivity contribution in [2.75, 3.05) is 6.61 Å². The number of Topliss-reactive ketones (excluding diaryl/α,β-unsaturated/α-hetero) is 1. The Balaban J connectivity index is 2.01. The lowest BCUT2D eigenvalue weighted by atomic mass is 10.1. The van der Waals surface area contributed by atoms with Gasteiger partial charge in [-0.05, 0) is 36.6 Å². The Labute approximate surface area is 142 Å². The molecule has 0 fully saturated rings. The normalized spacial score (nSPS) is 11.8. The van der Waals surface area contributed by atoms with Gasteiger partial charge in [-0.1, -0.05) is 0 Å². The number of fused-ring (bicyclic) bond motifs is 1. The summed E-state index contributed by atoms with van der Waals surface area (Å²) in [5.41, 5.74) is 1.15. The summed E-state index contributed by atoms with van der Waals surface area (Å²) < 4.78 is 5.43. The Kier molecular flexibility index (Phi) is 4.36. The Hall–Kier alpha value is -3.04. The van der Waals surface area contributed by atoms with Gasteiger partial charge in [0.15, 0.2) is 0 Å². The van der Waals surface area contributed by atoms with Crippen molar-refractivity contribution in [2.45, 2.75) is 6.92 Å². The van der Waals surface area contributed by atoms with Crippen LogP contribution in [0.5, 0.6) is 5.75 Å². The van der Waals surface area contributed by atoms with Gasteiger partial charge in [-0.15, -0.1) is 0 Å². The average Bonchev–Trinajstić information content (AvgIpc) is 3.24. The molecular formula is C18H14N2O3S. The Morgan fingerprint density at radius 3 is 2.88 bits per heavy atom. The number of nitrogens with one attached hydrogen (secondary N) is 1. The number of thiophene rings is 1. The number of aliphatic hydroxyl groups is 1. The highest BCUT2D eigenvalue weighted by atomic mass is 32.1. The van der Waals surface area contributed by atoms with Crippen LogP contribution in [0.2, 0.25) is 0 Å². The SMILES string of the molecule is CCOc1ccc2cc(C(=O)C(C#N)=C(O)c3ccsc3)[nH]c2c1. The van der Waals surface area contributed by atoms with Gasteiger partial charge in [-0.2, -0.15) is 16.6 Å². The number of rotatable bonds is 5. The number of nitrogens with zero attached hydrogens (tertiary/aromatic N) is 1. The number of hydrogen-bond donors (Lipinski definition) is 2. The molecule has 5 nitrogen and oxygen atoms in total. The van der Waals surface area contributed by atoms with E-state index in [4.69, 9.17) is 4.74 Å². The van der Waals surface area contributed by atoms with E-state index in [9.17, 15) is 15.2 Å². The smallest absolute Gasteiger partial charge is 0.223 e. The van der Waals surface area contributed by atoms with Crippen molar-refractivity contribution >= 4 is 33.8 Å². The molecule has 2 N–H and O–H groups in total. The van der Waals surface area contributed by atoms with E-state index in [0.29, 0.717) is 17.9 Å². The maximum atomic E-state index is 12.6. The van der Waals surface area contributed by atoms with Gasteiger partial charge < -0.3 is 14.8 Å². The van der Waals surface area contributed by atoms with Crippen molar-refractivity contribution in [1.82, 2.24) is 4.98 Å². The third kappa shape index (κ3) is 2.90.